The van der Waals surface area contributed by atoms with E-state index in [4.69, 9.17) is 15.0 Å². The third-order valence-corrected chi connectivity index (χ3v) is 11.7. The van der Waals surface area contributed by atoms with E-state index in [1.54, 1.807) is 16.7 Å². The molecule has 0 unspecified atom stereocenters. The molecule has 0 aliphatic heterocycles. The van der Waals surface area contributed by atoms with Crippen LogP contribution in [0.4, 0.5) is 13.2 Å². The van der Waals surface area contributed by atoms with E-state index in [2.05, 4.69) is 22.8 Å². The number of fused-ring (bicyclic) bond motifs is 9. The quantitative estimate of drug-likeness (QED) is 0.174. The number of para-hydroxylation sites is 5. The predicted molar refractivity (Wildman–Crippen MR) is 239 cm³/mol. The van der Waals surface area contributed by atoms with E-state index >= 15 is 13.2 Å². The highest BCUT2D eigenvalue weighted by Crippen LogP contribution is 2.43. The van der Waals surface area contributed by atoms with E-state index in [9.17, 15) is 0 Å². The molecule has 290 valence electrons. The first-order chi connectivity index (χ1) is 29.9. The van der Waals surface area contributed by atoms with Crippen LogP contribution in [-0.4, -0.2) is 28.7 Å². The van der Waals surface area contributed by atoms with Crippen molar-refractivity contribution in [3.63, 3.8) is 0 Å². The average Bonchev–Trinajstić information content (AvgIpc) is 3.93. The zero-order chi connectivity index (χ0) is 40.8. The van der Waals surface area contributed by atoms with Gasteiger partial charge in [-0.2, -0.15) is 23.1 Å². The Labute approximate surface area is 346 Å². The number of alkyl halides is 3. The van der Waals surface area contributed by atoms with E-state index in [-0.39, 0.29) is 17.1 Å². The van der Waals surface area contributed by atoms with Gasteiger partial charge in [0.25, 0.3) is 0 Å². The van der Waals surface area contributed by atoms with Crippen molar-refractivity contribution < 1.29 is 13.2 Å². The van der Waals surface area contributed by atoms with Crippen molar-refractivity contribution in [1.29, 1.82) is 0 Å². The predicted octanol–water partition coefficient (Wildman–Crippen LogP) is 13.5. The number of benzene rings is 8. The van der Waals surface area contributed by atoms with Crippen LogP contribution in [0.3, 0.4) is 0 Å². The van der Waals surface area contributed by atoms with Gasteiger partial charge in [-0.15, -0.1) is 0 Å². The topological polar surface area (TPSA) is 53.5 Å². The van der Waals surface area contributed by atoms with Crippen LogP contribution in [0.2, 0.25) is 0 Å². The molecule has 4 aromatic heterocycles. The molecule has 12 rings (SSSR count). The second-order valence-corrected chi connectivity index (χ2v) is 15.2. The standard InChI is InChI=1S/C52H31F3N6/c53-52(54,55)41-29-33(50-56-49(32-15-3-1-4-16-32)57-51(58-50)61-44-25-13-7-19-35(44)36-20-8-14-26-45(36)61)27-28-46(41)60-43-24-12-10-22-38(43)40-30-39-37-21-9-11-23-42(37)59(47(39)31-48(40)60)34-17-5-2-6-18-34/h1-31H. The average molecular weight is 797 g/mol. The van der Waals surface area contributed by atoms with E-state index in [1.165, 1.54) is 6.07 Å². The summed E-state index contributed by atoms with van der Waals surface area (Å²) in [5, 5.41) is 5.82. The largest absolute Gasteiger partial charge is 0.418 e. The summed E-state index contributed by atoms with van der Waals surface area (Å²) >= 11 is 0. The van der Waals surface area contributed by atoms with Gasteiger partial charge in [0.15, 0.2) is 11.6 Å². The molecule has 0 amide bonds. The maximum absolute atomic E-state index is 15.7. The highest BCUT2D eigenvalue weighted by Gasteiger charge is 2.36. The lowest BCUT2D eigenvalue weighted by molar-refractivity contribution is -0.137. The lowest BCUT2D eigenvalue weighted by atomic mass is 10.1. The number of aromatic nitrogens is 6. The SMILES string of the molecule is FC(F)(F)c1cc(-c2nc(-c3ccccc3)nc(-n3c4ccccc4c4ccccc43)n2)ccc1-n1c2ccccc2c2cc3c4ccccc4n(-c4ccccc4)c3cc21. The third-order valence-electron chi connectivity index (χ3n) is 11.7. The molecular weight excluding hydrogens is 766 g/mol. The monoisotopic (exact) mass is 796 g/mol. The molecule has 0 saturated heterocycles. The van der Waals surface area contributed by atoms with Gasteiger partial charge in [0.05, 0.1) is 44.4 Å². The van der Waals surface area contributed by atoms with Gasteiger partial charge in [0, 0.05) is 49.1 Å². The van der Waals surface area contributed by atoms with Crippen molar-refractivity contribution in [2.45, 2.75) is 6.18 Å². The van der Waals surface area contributed by atoms with Gasteiger partial charge < -0.3 is 9.13 Å². The van der Waals surface area contributed by atoms with Gasteiger partial charge in [-0.3, -0.25) is 4.57 Å². The van der Waals surface area contributed by atoms with Crippen molar-refractivity contribution in [1.82, 2.24) is 28.7 Å². The molecule has 0 aliphatic rings. The van der Waals surface area contributed by atoms with Crippen molar-refractivity contribution in [2.24, 2.45) is 0 Å². The summed E-state index contributed by atoms with van der Waals surface area (Å²) in [6.45, 7) is 0. The van der Waals surface area contributed by atoms with Gasteiger partial charge >= 0.3 is 6.18 Å². The van der Waals surface area contributed by atoms with E-state index < -0.39 is 11.7 Å². The van der Waals surface area contributed by atoms with E-state index in [1.807, 2.05) is 156 Å². The van der Waals surface area contributed by atoms with Crippen LogP contribution in [0, 0.1) is 0 Å². The molecule has 6 nitrogen and oxygen atoms in total. The minimum Gasteiger partial charge on any atom is -0.309 e. The van der Waals surface area contributed by atoms with Crippen LogP contribution >= 0.6 is 0 Å². The molecule has 0 spiro atoms. The van der Waals surface area contributed by atoms with Crippen LogP contribution in [0.5, 0.6) is 0 Å². The molecule has 0 bridgehead atoms. The zero-order valence-electron chi connectivity index (χ0n) is 32.2. The lowest BCUT2D eigenvalue weighted by Crippen LogP contribution is -2.12. The molecule has 0 N–H and O–H groups in total. The molecular formula is C52H31F3N6. The second-order valence-electron chi connectivity index (χ2n) is 15.2. The van der Waals surface area contributed by atoms with E-state index in [0.717, 1.165) is 60.1 Å². The smallest absolute Gasteiger partial charge is 0.309 e. The molecule has 0 fully saturated rings. The Kier molecular flexibility index (Phi) is 7.59. The Morgan fingerprint density at radius 1 is 0.344 bits per heavy atom. The van der Waals surface area contributed by atoms with Gasteiger partial charge in [-0.25, -0.2) is 4.98 Å². The Morgan fingerprint density at radius 3 is 1.38 bits per heavy atom. The number of nitrogens with zero attached hydrogens (tertiary/aromatic N) is 6. The molecule has 0 aliphatic carbocycles. The van der Waals surface area contributed by atoms with Crippen LogP contribution in [0.15, 0.2) is 188 Å². The molecule has 9 heteroatoms. The molecule has 8 aromatic carbocycles. The van der Waals surface area contributed by atoms with Crippen molar-refractivity contribution in [2.75, 3.05) is 0 Å². The summed E-state index contributed by atoms with van der Waals surface area (Å²) < 4.78 is 53.1. The summed E-state index contributed by atoms with van der Waals surface area (Å²) in [5.41, 5.74) is 6.06. The summed E-state index contributed by atoms with van der Waals surface area (Å²) in [7, 11) is 0. The molecule has 4 heterocycles. The fraction of sp³-hybridized carbons (Fsp3) is 0.0192. The minimum absolute atomic E-state index is 0.00383. The minimum atomic E-state index is -4.74. The van der Waals surface area contributed by atoms with Crippen LogP contribution in [0.1, 0.15) is 5.56 Å². The number of halogens is 3. The lowest BCUT2D eigenvalue weighted by Gasteiger charge is -2.18. The maximum Gasteiger partial charge on any atom is 0.418 e. The number of hydrogen-bond acceptors (Lipinski definition) is 3. The third kappa shape index (κ3) is 5.40. The van der Waals surface area contributed by atoms with Gasteiger partial charge in [0.1, 0.15) is 0 Å². The first-order valence-corrected chi connectivity index (χ1v) is 19.9. The Hall–Kier alpha value is -8.04. The van der Waals surface area contributed by atoms with Crippen molar-refractivity contribution in [3.8, 4) is 40.1 Å². The first-order valence-electron chi connectivity index (χ1n) is 19.9. The fourth-order valence-corrected chi connectivity index (χ4v) is 9.09. The van der Waals surface area contributed by atoms with Crippen molar-refractivity contribution in [3.05, 3.63) is 194 Å². The molecule has 0 atom stereocenters. The highest BCUT2D eigenvalue weighted by molar-refractivity contribution is 6.19. The molecule has 61 heavy (non-hydrogen) atoms. The Balaban J connectivity index is 1.12. The second kappa shape index (κ2) is 13.2. The van der Waals surface area contributed by atoms with E-state index in [0.29, 0.717) is 28.4 Å². The number of hydrogen-bond donors (Lipinski definition) is 0. The Bertz CT molecular complexity index is 3640. The maximum atomic E-state index is 15.7. The van der Waals surface area contributed by atoms with Crippen LogP contribution in [0.25, 0.3) is 106 Å². The molecule has 0 saturated carbocycles. The first kappa shape index (κ1) is 35.0. The summed E-state index contributed by atoms with van der Waals surface area (Å²) in [5.74, 6) is 0.776. The summed E-state index contributed by atoms with van der Waals surface area (Å²) in [4.78, 5) is 14.7. The van der Waals surface area contributed by atoms with Gasteiger partial charge in [-0.1, -0.05) is 121 Å². The normalized spacial score (nSPS) is 12.2. The highest BCUT2D eigenvalue weighted by atomic mass is 19.4. The zero-order valence-corrected chi connectivity index (χ0v) is 32.2. The van der Waals surface area contributed by atoms with Gasteiger partial charge in [0.2, 0.25) is 5.95 Å². The number of rotatable bonds is 5. The summed E-state index contributed by atoms with van der Waals surface area (Å²) in [6, 6.07) is 59.8. The van der Waals surface area contributed by atoms with Crippen LogP contribution < -0.4 is 0 Å². The summed E-state index contributed by atoms with van der Waals surface area (Å²) in [6.07, 6.45) is -4.74. The molecule has 0 radical (unpaired) electrons. The van der Waals surface area contributed by atoms with Crippen molar-refractivity contribution >= 4 is 65.4 Å². The fourth-order valence-electron chi connectivity index (χ4n) is 9.09. The Morgan fingerprint density at radius 2 is 0.803 bits per heavy atom. The molecule has 12 aromatic rings. The van der Waals surface area contributed by atoms with Gasteiger partial charge in [-0.05, 0) is 66.7 Å². The van der Waals surface area contributed by atoms with Crippen LogP contribution in [-0.2, 0) is 6.18 Å².